The predicted molar refractivity (Wildman–Crippen MR) is 119 cm³/mol. The highest BCUT2D eigenvalue weighted by Crippen LogP contribution is 2.27. The molecular formula is C24H26N2S. The van der Waals surface area contributed by atoms with E-state index in [0.29, 0.717) is 11.0 Å². The van der Waals surface area contributed by atoms with Crippen molar-refractivity contribution in [2.75, 3.05) is 11.9 Å². The number of anilines is 1. The Morgan fingerprint density at radius 3 is 1.85 bits per heavy atom. The molecule has 0 saturated carbocycles. The third kappa shape index (κ3) is 5.66. The second-order valence-corrected chi connectivity index (χ2v) is 7.33. The summed E-state index contributed by atoms with van der Waals surface area (Å²) in [5.74, 6) is 0.351. The molecule has 3 rings (SSSR count). The molecule has 0 atom stereocenters. The number of rotatable bonds is 6. The summed E-state index contributed by atoms with van der Waals surface area (Å²) >= 11 is 5.49. The highest BCUT2D eigenvalue weighted by Gasteiger charge is 2.13. The highest BCUT2D eigenvalue weighted by atomic mass is 32.1. The van der Waals surface area contributed by atoms with E-state index >= 15 is 0 Å². The van der Waals surface area contributed by atoms with E-state index in [1.807, 2.05) is 0 Å². The van der Waals surface area contributed by atoms with Gasteiger partial charge in [-0.25, -0.2) is 0 Å². The minimum absolute atomic E-state index is 0.351. The van der Waals surface area contributed by atoms with Gasteiger partial charge >= 0.3 is 0 Å². The molecule has 138 valence electrons. The van der Waals surface area contributed by atoms with Crippen molar-refractivity contribution in [1.29, 1.82) is 0 Å². The lowest BCUT2D eigenvalue weighted by Crippen LogP contribution is -2.30. The molecule has 2 nitrogen and oxygen atoms in total. The van der Waals surface area contributed by atoms with Crippen molar-refractivity contribution in [2.24, 2.45) is 0 Å². The molecule has 0 spiro atoms. The molecule has 0 radical (unpaired) electrons. The van der Waals surface area contributed by atoms with Crippen LogP contribution in [-0.4, -0.2) is 11.7 Å². The maximum Gasteiger partial charge on any atom is 0.170 e. The fraction of sp³-hybridized carbons (Fsp3) is 0.208. The molecule has 3 aromatic rings. The van der Waals surface area contributed by atoms with Crippen LogP contribution in [0.25, 0.3) is 0 Å². The summed E-state index contributed by atoms with van der Waals surface area (Å²) < 4.78 is 0. The van der Waals surface area contributed by atoms with Gasteiger partial charge in [-0.3, -0.25) is 0 Å². The SMILES string of the molecule is Cc1cc(C)cc(NC(=S)NCCC(c2ccccc2)c2ccccc2)c1. The first-order valence-corrected chi connectivity index (χ1v) is 9.75. The van der Waals surface area contributed by atoms with Crippen molar-refractivity contribution in [2.45, 2.75) is 26.2 Å². The molecule has 3 heteroatoms. The van der Waals surface area contributed by atoms with Crippen LogP contribution >= 0.6 is 12.2 Å². The van der Waals surface area contributed by atoms with Crippen LogP contribution in [0.5, 0.6) is 0 Å². The van der Waals surface area contributed by atoms with E-state index in [9.17, 15) is 0 Å². The summed E-state index contributed by atoms with van der Waals surface area (Å²) in [5.41, 5.74) is 6.16. The quantitative estimate of drug-likeness (QED) is 0.532. The fourth-order valence-electron chi connectivity index (χ4n) is 3.45. The summed E-state index contributed by atoms with van der Waals surface area (Å²) in [5, 5.41) is 7.32. The van der Waals surface area contributed by atoms with Gasteiger partial charge in [-0.1, -0.05) is 66.7 Å². The molecule has 0 amide bonds. The molecule has 0 aromatic heterocycles. The van der Waals surface area contributed by atoms with Crippen LogP contribution in [0.15, 0.2) is 78.9 Å². The summed E-state index contributed by atoms with van der Waals surface area (Å²) in [4.78, 5) is 0. The molecule has 0 aliphatic rings. The van der Waals surface area contributed by atoms with Crippen molar-refractivity contribution in [3.8, 4) is 0 Å². The Labute approximate surface area is 167 Å². The van der Waals surface area contributed by atoms with E-state index in [1.165, 1.54) is 22.3 Å². The number of nitrogens with one attached hydrogen (secondary N) is 2. The Morgan fingerprint density at radius 2 is 1.33 bits per heavy atom. The zero-order valence-electron chi connectivity index (χ0n) is 15.9. The fourth-order valence-corrected chi connectivity index (χ4v) is 3.67. The van der Waals surface area contributed by atoms with Crippen LogP contribution in [0.1, 0.15) is 34.6 Å². The Morgan fingerprint density at radius 1 is 0.815 bits per heavy atom. The first-order valence-electron chi connectivity index (χ1n) is 9.35. The van der Waals surface area contributed by atoms with Crippen molar-refractivity contribution < 1.29 is 0 Å². The average Bonchev–Trinajstić information content (AvgIpc) is 2.66. The Kier molecular flexibility index (Phi) is 6.61. The van der Waals surface area contributed by atoms with Crippen LogP contribution in [0.4, 0.5) is 5.69 Å². The van der Waals surface area contributed by atoms with Crippen LogP contribution in [-0.2, 0) is 0 Å². The van der Waals surface area contributed by atoms with E-state index in [-0.39, 0.29) is 0 Å². The number of hydrogen-bond donors (Lipinski definition) is 2. The standard InChI is InChI=1S/C24H26N2S/c1-18-15-19(2)17-22(16-18)26-24(27)25-14-13-23(20-9-5-3-6-10-20)21-11-7-4-8-12-21/h3-12,15-17,23H,13-14H2,1-2H3,(H2,25,26,27). The number of aryl methyl sites for hydroxylation is 2. The lowest BCUT2D eigenvalue weighted by Gasteiger charge is -2.19. The minimum Gasteiger partial charge on any atom is -0.362 e. The molecular weight excluding hydrogens is 348 g/mol. The summed E-state index contributed by atoms with van der Waals surface area (Å²) in [6, 6.07) is 27.7. The number of thiocarbonyl (C=S) groups is 1. The van der Waals surface area contributed by atoms with E-state index in [4.69, 9.17) is 12.2 Å². The van der Waals surface area contributed by atoms with Gasteiger partial charge in [-0.2, -0.15) is 0 Å². The average molecular weight is 375 g/mol. The normalized spacial score (nSPS) is 10.6. The van der Waals surface area contributed by atoms with Crippen LogP contribution < -0.4 is 10.6 Å². The maximum absolute atomic E-state index is 5.49. The first-order chi connectivity index (χ1) is 13.1. The molecule has 0 unspecified atom stereocenters. The van der Waals surface area contributed by atoms with Crippen molar-refractivity contribution in [1.82, 2.24) is 5.32 Å². The van der Waals surface area contributed by atoms with Gasteiger partial charge in [-0.15, -0.1) is 0 Å². The molecule has 3 aromatic carbocycles. The number of hydrogen-bond acceptors (Lipinski definition) is 1. The molecule has 0 saturated heterocycles. The molecule has 0 fully saturated rings. The van der Waals surface area contributed by atoms with Crippen molar-refractivity contribution in [3.05, 3.63) is 101 Å². The van der Waals surface area contributed by atoms with Gasteiger partial charge in [0.25, 0.3) is 0 Å². The maximum atomic E-state index is 5.49. The minimum atomic E-state index is 0.351. The molecule has 0 bridgehead atoms. The van der Waals surface area contributed by atoms with Gasteiger partial charge in [0.15, 0.2) is 5.11 Å². The monoisotopic (exact) mass is 374 g/mol. The van der Waals surface area contributed by atoms with Crippen LogP contribution in [0, 0.1) is 13.8 Å². The topological polar surface area (TPSA) is 24.1 Å². The van der Waals surface area contributed by atoms with Gasteiger partial charge < -0.3 is 10.6 Å². The Hall–Kier alpha value is -2.65. The van der Waals surface area contributed by atoms with Gasteiger partial charge in [0, 0.05) is 18.2 Å². The van der Waals surface area contributed by atoms with E-state index in [1.54, 1.807) is 0 Å². The summed E-state index contributed by atoms with van der Waals surface area (Å²) in [6.07, 6.45) is 0.975. The van der Waals surface area contributed by atoms with E-state index in [2.05, 4.69) is 103 Å². The van der Waals surface area contributed by atoms with E-state index < -0.39 is 0 Å². The smallest absolute Gasteiger partial charge is 0.170 e. The third-order valence-electron chi connectivity index (χ3n) is 4.60. The summed E-state index contributed by atoms with van der Waals surface area (Å²) in [7, 11) is 0. The third-order valence-corrected chi connectivity index (χ3v) is 4.85. The van der Waals surface area contributed by atoms with E-state index in [0.717, 1.165) is 18.7 Å². The Bertz CT molecular complexity index is 816. The number of benzene rings is 3. The van der Waals surface area contributed by atoms with Crippen LogP contribution in [0.3, 0.4) is 0 Å². The van der Waals surface area contributed by atoms with Gasteiger partial charge in [0.05, 0.1) is 0 Å². The second-order valence-electron chi connectivity index (χ2n) is 6.92. The van der Waals surface area contributed by atoms with Crippen LogP contribution in [0.2, 0.25) is 0 Å². The van der Waals surface area contributed by atoms with Gasteiger partial charge in [0.2, 0.25) is 0 Å². The van der Waals surface area contributed by atoms with Gasteiger partial charge in [0.1, 0.15) is 0 Å². The Balaban J connectivity index is 1.61. The molecule has 0 aliphatic heterocycles. The second kappa shape index (κ2) is 9.33. The van der Waals surface area contributed by atoms with Crippen molar-refractivity contribution >= 4 is 23.0 Å². The molecule has 0 heterocycles. The largest absolute Gasteiger partial charge is 0.362 e. The lowest BCUT2D eigenvalue weighted by molar-refractivity contribution is 0.694. The molecule has 27 heavy (non-hydrogen) atoms. The highest BCUT2D eigenvalue weighted by molar-refractivity contribution is 7.80. The molecule has 2 N–H and O–H groups in total. The zero-order chi connectivity index (χ0) is 19.1. The molecule has 0 aliphatic carbocycles. The predicted octanol–water partition coefficient (Wildman–Crippen LogP) is 5.81. The zero-order valence-corrected chi connectivity index (χ0v) is 16.7. The van der Waals surface area contributed by atoms with Gasteiger partial charge in [-0.05, 0) is 66.9 Å². The first kappa shape index (κ1) is 19.1. The summed E-state index contributed by atoms with van der Waals surface area (Å²) in [6.45, 7) is 5.00. The lowest BCUT2D eigenvalue weighted by atomic mass is 9.88. The van der Waals surface area contributed by atoms with Crippen molar-refractivity contribution in [3.63, 3.8) is 0 Å².